The fourth-order valence-corrected chi connectivity index (χ4v) is 2.98. The molecule has 5 nitrogen and oxygen atoms in total. The van der Waals surface area contributed by atoms with E-state index in [1.54, 1.807) is 6.20 Å². The van der Waals surface area contributed by atoms with Gasteiger partial charge >= 0.3 is 0 Å². The molecule has 1 saturated carbocycles. The number of nitrogens with zero attached hydrogens (tertiary/aromatic N) is 2. The normalized spacial score (nSPS) is 28.2. The van der Waals surface area contributed by atoms with E-state index in [0.29, 0.717) is 13.1 Å². The Bertz CT molecular complexity index is 411. The van der Waals surface area contributed by atoms with Crippen LogP contribution in [-0.2, 0) is 9.53 Å². The standard InChI is InChI=1S/C15H23N3O2/c1-11-8-18(9-12(2)20-11)10-13(7-16)15(19)17-14-5-3-4-6-14/h10-12,14H,3-6,8-9H2,1-2H3,(H,17,19)/b13-10-. The highest BCUT2D eigenvalue weighted by atomic mass is 16.5. The second-order valence-corrected chi connectivity index (χ2v) is 5.82. The van der Waals surface area contributed by atoms with Gasteiger partial charge in [-0.1, -0.05) is 12.8 Å². The SMILES string of the molecule is CC1CN(/C=C(/C#N)C(=O)NC2CCCC2)CC(C)O1. The second-order valence-electron chi connectivity index (χ2n) is 5.82. The Morgan fingerprint density at radius 2 is 1.90 bits per heavy atom. The van der Waals surface area contributed by atoms with Crippen molar-refractivity contribution in [2.45, 2.75) is 57.8 Å². The van der Waals surface area contributed by atoms with E-state index in [0.717, 1.165) is 25.7 Å². The first-order valence-corrected chi connectivity index (χ1v) is 7.40. The number of carbonyl (C=O) groups is 1. The first-order valence-electron chi connectivity index (χ1n) is 7.40. The summed E-state index contributed by atoms with van der Waals surface area (Å²) < 4.78 is 5.65. The average molecular weight is 277 g/mol. The van der Waals surface area contributed by atoms with Crippen LogP contribution in [0.1, 0.15) is 39.5 Å². The van der Waals surface area contributed by atoms with Gasteiger partial charge in [-0.15, -0.1) is 0 Å². The predicted octanol–water partition coefficient (Wildman–Crippen LogP) is 1.56. The maximum Gasteiger partial charge on any atom is 0.263 e. The molecule has 110 valence electrons. The van der Waals surface area contributed by atoms with Crippen LogP contribution >= 0.6 is 0 Å². The summed E-state index contributed by atoms with van der Waals surface area (Å²) in [5, 5.41) is 12.2. The van der Waals surface area contributed by atoms with E-state index in [4.69, 9.17) is 4.74 Å². The summed E-state index contributed by atoms with van der Waals surface area (Å²) in [6.45, 7) is 5.43. The Hall–Kier alpha value is -1.54. The Morgan fingerprint density at radius 1 is 1.30 bits per heavy atom. The van der Waals surface area contributed by atoms with Gasteiger partial charge in [0.05, 0.1) is 12.2 Å². The van der Waals surface area contributed by atoms with Crippen molar-refractivity contribution in [1.29, 1.82) is 5.26 Å². The van der Waals surface area contributed by atoms with Gasteiger partial charge in [0, 0.05) is 25.3 Å². The van der Waals surface area contributed by atoms with Gasteiger partial charge in [0.2, 0.25) is 0 Å². The first-order chi connectivity index (χ1) is 9.58. The number of nitrogens with one attached hydrogen (secondary N) is 1. The lowest BCUT2D eigenvalue weighted by Crippen LogP contribution is -2.43. The highest BCUT2D eigenvalue weighted by Crippen LogP contribution is 2.18. The molecule has 1 aliphatic carbocycles. The lowest BCUT2D eigenvalue weighted by molar-refractivity contribution is -0.118. The van der Waals surface area contributed by atoms with Crippen LogP contribution in [0.3, 0.4) is 0 Å². The molecular weight excluding hydrogens is 254 g/mol. The number of rotatable bonds is 3. The highest BCUT2D eigenvalue weighted by molar-refractivity contribution is 5.97. The minimum absolute atomic E-state index is 0.118. The van der Waals surface area contributed by atoms with Gasteiger partial charge in [-0.25, -0.2) is 0 Å². The van der Waals surface area contributed by atoms with E-state index >= 15 is 0 Å². The molecular formula is C15H23N3O2. The molecule has 0 spiro atoms. The summed E-state index contributed by atoms with van der Waals surface area (Å²) in [6, 6.07) is 2.26. The van der Waals surface area contributed by atoms with Gasteiger partial charge in [-0.2, -0.15) is 5.26 Å². The summed E-state index contributed by atoms with van der Waals surface area (Å²) >= 11 is 0. The molecule has 2 fully saturated rings. The summed E-state index contributed by atoms with van der Waals surface area (Å²) in [7, 11) is 0. The summed E-state index contributed by atoms with van der Waals surface area (Å²) in [5.74, 6) is -0.244. The number of nitriles is 1. The lowest BCUT2D eigenvalue weighted by Gasteiger charge is -2.34. The van der Waals surface area contributed by atoms with E-state index in [1.165, 1.54) is 0 Å². The van der Waals surface area contributed by atoms with E-state index < -0.39 is 0 Å². The van der Waals surface area contributed by atoms with E-state index in [9.17, 15) is 10.1 Å². The zero-order valence-electron chi connectivity index (χ0n) is 12.3. The van der Waals surface area contributed by atoms with E-state index in [1.807, 2.05) is 24.8 Å². The predicted molar refractivity (Wildman–Crippen MR) is 75.7 cm³/mol. The molecule has 1 aliphatic heterocycles. The molecule has 0 aromatic rings. The van der Waals surface area contributed by atoms with Gasteiger partial charge < -0.3 is 15.0 Å². The number of morpholine rings is 1. The molecule has 1 N–H and O–H groups in total. The molecule has 2 aliphatic rings. The molecule has 0 bridgehead atoms. The first kappa shape index (κ1) is 14.9. The number of hydrogen-bond acceptors (Lipinski definition) is 4. The van der Waals surface area contributed by atoms with Crippen molar-refractivity contribution in [3.63, 3.8) is 0 Å². The molecule has 2 rings (SSSR count). The van der Waals surface area contributed by atoms with Crippen molar-refractivity contribution in [1.82, 2.24) is 10.2 Å². The van der Waals surface area contributed by atoms with Gasteiger partial charge in [-0.3, -0.25) is 4.79 Å². The minimum Gasteiger partial charge on any atom is -0.372 e. The van der Waals surface area contributed by atoms with Crippen molar-refractivity contribution < 1.29 is 9.53 Å². The lowest BCUT2D eigenvalue weighted by atomic mass is 10.2. The van der Waals surface area contributed by atoms with Crippen LogP contribution in [0.4, 0.5) is 0 Å². The largest absolute Gasteiger partial charge is 0.372 e. The Labute approximate surface area is 120 Å². The molecule has 5 heteroatoms. The second kappa shape index (κ2) is 6.76. The number of hydrogen-bond donors (Lipinski definition) is 1. The van der Waals surface area contributed by atoms with Gasteiger partial charge in [0.15, 0.2) is 0 Å². The number of amides is 1. The Kier molecular flexibility index (Phi) is 5.02. The van der Waals surface area contributed by atoms with Crippen LogP contribution in [0.2, 0.25) is 0 Å². The van der Waals surface area contributed by atoms with Crippen LogP contribution in [0.5, 0.6) is 0 Å². The zero-order chi connectivity index (χ0) is 14.5. The van der Waals surface area contributed by atoms with E-state index in [2.05, 4.69) is 5.32 Å². The van der Waals surface area contributed by atoms with Crippen LogP contribution in [-0.4, -0.2) is 42.1 Å². The van der Waals surface area contributed by atoms with Crippen molar-refractivity contribution in [2.75, 3.05) is 13.1 Å². The maximum atomic E-state index is 12.1. The number of carbonyl (C=O) groups excluding carboxylic acids is 1. The van der Waals surface area contributed by atoms with Crippen LogP contribution < -0.4 is 5.32 Å². The topological polar surface area (TPSA) is 65.4 Å². The molecule has 20 heavy (non-hydrogen) atoms. The maximum absolute atomic E-state index is 12.1. The summed E-state index contributed by atoms with van der Waals surface area (Å²) in [5.41, 5.74) is 0.193. The summed E-state index contributed by atoms with van der Waals surface area (Å²) in [6.07, 6.45) is 6.29. The van der Waals surface area contributed by atoms with E-state index in [-0.39, 0.29) is 29.7 Å². The van der Waals surface area contributed by atoms with Gasteiger partial charge in [0.1, 0.15) is 11.6 Å². The Morgan fingerprint density at radius 3 is 2.45 bits per heavy atom. The Balaban J connectivity index is 1.97. The molecule has 0 radical (unpaired) electrons. The molecule has 0 aromatic heterocycles. The monoisotopic (exact) mass is 277 g/mol. The summed E-state index contributed by atoms with van der Waals surface area (Å²) in [4.78, 5) is 14.1. The average Bonchev–Trinajstić information content (AvgIpc) is 2.87. The third kappa shape index (κ3) is 3.97. The molecule has 2 unspecified atom stereocenters. The third-order valence-corrected chi connectivity index (χ3v) is 3.81. The third-order valence-electron chi connectivity index (χ3n) is 3.81. The van der Waals surface area contributed by atoms with Crippen molar-refractivity contribution in [2.24, 2.45) is 0 Å². The van der Waals surface area contributed by atoms with Crippen molar-refractivity contribution >= 4 is 5.91 Å². The fourth-order valence-electron chi connectivity index (χ4n) is 2.98. The van der Waals surface area contributed by atoms with Crippen LogP contribution in [0, 0.1) is 11.3 Å². The fraction of sp³-hybridized carbons (Fsp3) is 0.733. The quantitative estimate of drug-likeness (QED) is 0.628. The van der Waals surface area contributed by atoms with Gasteiger partial charge in [0.25, 0.3) is 5.91 Å². The molecule has 1 heterocycles. The number of ether oxygens (including phenoxy) is 1. The van der Waals surface area contributed by atoms with Crippen LogP contribution in [0.15, 0.2) is 11.8 Å². The molecule has 1 amide bonds. The molecule has 0 aromatic carbocycles. The minimum atomic E-state index is -0.244. The van der Waals surface area contributed by atoms with Gasteiger partial charge in [-0.05, 0) is 26.7 Å². The molecule has 2 atom stereocenters. The highest BCUT2D eigenvalue weighted by Gasteiger charge is 2.23. The van der Waals surface area contributed by atoms with Crippen molar-refractivity contribution in [3.05, 3.63) is 11.8 Å². The van der Waals surface area contributed by atoms with Crippen molar-refractivity contribution in [3.8, 4) is 6.07 Å². The zero-order valence-corrected chi connectivity index (χ0v) is 12.3. The van der Waals surface area contributed by atoms with Crippen LogP contribution in [0.25, 0.3) is 0 Å². The smallest absolute Gasteiger partial charge is 0.263 e. The molecule has 1 saturated heterocycles.